The van der Waals surface area contributed by atoms with Gasteiger partial charge in [0.05, 0.1) is 18.3 Å². The van der Waals surface area contributed by atoms with Crippen LogP contribution in [-0.4, -0.2) is 18.1 Å². The molecule has 1 aromatic heterocycles. The highest BCUT2D eigenvalue weighted by Crippen LogP contribution is 2.24. The summed E-state index contributed by atoms with van der Waals surface area (Å²) in [5, 5.41) is 7.01. The number of pyridine rings is 1. The van der Waals surface area contributed by atoms with Gasteiger partial charge in [-0.15, -0.1) is 0 Å². The smallest absolute Gasteiger partial charge is 0.323 e. The van der Waals surface area contributed by atoms with Crippen molar-refractivity contribution < 1.29 is 9.53 Å². The normalized spacial score (nSPS) is 10.3. The van der Waals surface area contributed by atoms with Gasteiger partial charge < -0.3 is 15.4 Å². The molecule has 0 unspecified atom stereocenters. The summed E-state index contributed by atoms with van der Waals surface area (Å²) in [6.07, 6.45) is 1.63. The highest BCUT2D eigenvalue weighted by atomic mass is 35.5. The molecule has 0 aliphatic rings. The number of aromatic nitrogens is 1. The van der Waals surface area contributed by atoms with E-state index in [4.69, 9.17) is 16.3 Å². The molecule has 0 bridgehead atoms. The Kier molecular flexibility index (Phi) is 4.30. The summed E-state index contributed by atoms with van der Waals surface area (Å²) in [6.45, 7) is 0. The predicted molar refractivity (Wildman–Crippen MR) is 92.4 cm³/mol. The van der Waals surface area contributed by atoms with E-state index in [-0.39, 0.29) is 6.03 Å². The summed E-state index contributed by atoms with van der Waals surface area (Å²) in [5.41, 5.74) is 2.06. The fourth-order valence-corrected chi connectivity index (χ4v) is 2.36. The molecule has 0 spiro atoms. The second-order valence-corrected chi connectivity index (χ2v) is 5.26. The van der Waals surface area contributed by atoms with Crippen molar-refractivity contribution in [3.8, 4) is 5.75 Å². The van der Waals surface area contributed by atoms with Crippen LogP contribution in [0.3, 0.4) is 0 Å². The first-order valence-electron chi connectivity index (χ1n) is 6.92. The van der Waals surface area contributed by atoms with Crippen LogP contribution < -0.4 is 15.4 Å². The van der Waals surface area contributed by atoms with Crippen LogP contribution in [-0.2, 0) is 0 Å². The lowest BCUT2D eigenvalue weighted by Gasteiger charge is -2.10. The minimum absolute atomic E-state index is 0.336. The van der Waals surface area contributed by atoms with Crippen LogP contribution >= 0.6 is 11.6 Å². The molecular weight excluding hydrogens is 314 g/mol. The minimum Gasteiger partial charge on any atom is -0.497 e. The van der Waals surface area contributed by atoms with E-state index in [0.717, 1.165) is 16.7 Å². The number of hydrogen-bond donors (Lipinski definition) is 2. The second kappa shape index (κ2) is 6.54. The van der Waals surface area contributed by atoms with Gasteiger partial charge in [0, 0.05) is 22.3 Å². The molecular formula is C17H14ClN3O2. The number of urea groups is 1. The second-order valence-electron chi connectivity index (χ2n) is 4.83. The lowest BCUT2D eigenvalue weighted by Crippen LogP contribution is -2.19. The first-order valence-corrected chi connectivity index (χ1v) is 7.30. The van der Waals surface area contributed by atoms with Gasteiger partial charge in [0.2, 0.25) is 0 Å². The van der Waals surface area contributed by atoms with E-state index >= 15 is 0 Å². The van der Waals surface area contributed by atoms with Crippen LogP contribution in [0.4, 0.5) is 16.2 Å². The maximum atomic E-state index is 12.1. The van der Waals surface area contributed by atoms with E-state index in [2.05, 4.69) is 15.6 Å². The van der Waals surface area contributed by atoms with Crippen molar-refractivity contribution in [2.24, 2.45) is 0 Å². The summed E-state index contributed by atoms with van der Waals surface area (Å²) in [4.78, 5) is 16.4. The summed E-state index contributed by atoms with van der Waals surface area (Å²) >= 11 is 5.96. The van der Waals surface area contributed by atoms with Crippen molar-refractivity contribution in [3.63, 3.8) is 0 Å². The van der Waals surface area contributed by atoms with Gasteiger partial charge >= 0.3 is 6.03 Å². The van der Waals surface area contributed by atoms with Gasteiger partial charge in [0.15, 0.2) is 0 Å². The molecule has 3 rings (SSSR count). The Hall–Kier alpha value is -2.79. The van der Waals surface area contributed by atoms with Crippen molar-refractivity contribution in [3.05, 3.63) is 59.8 Å². The van der Waals surface area contributed by atoms with E-state index < -0.39 is 0 Å². The maximum Gasteiger partial charge on any atom is 0.323 e. The number of ether oxygens (including phenoxy) is 1. The number of carbonyl (C=O) groups excluding carboxylic acids is 1. The molecule has 3 aromatic rings. The fraction of sp³-hybridized carbons (Fsp3) is 0.0588. The number of amides is 2. The molecule has 0 saturated carbocycles. The first-order chi connectivity index (χ1) is 11.2. The zero-order chi connectivity index (χ0) is 16.2. The molecule has 2 amide bonds. The largest absolute Gasteiger partial charge is 0.497 e. The zero-order valence-electron chi connectivity index (χ0n) is 12.3. The number of hydrogen-bond acceptors (Lipinski definition) is 3. The van der Waals surface area contributed by atoms with Crippen LogP contribution in [0.2, 0.25) is 5.02 Å². The number of halogens is 1. The van der Waals surface area contributed by atoms with Crippen LogP contribution in [0.25, 0.3) is 10.9 Å². The van der Waals surface area contributed by atoms with Gasteiger partial charge in [-0.05, 0) is 48.5 Å². The highest BCUT2D eigenvalue weighted by Gasteiger charge is 2.07. The molecule has 0 aliphatic heterocycles. The Balaban J connectivity index is 1.77. The summed E-state index contributed by atoms with van der Waals surface area (Å²) in [7, 11) is 1.59. The van der Waals surface area contributed by atoms with Crippen molar-refractivity contribution >= 4 is 39.9 Å². The first kappa shape index (κ1) is 15.1. The Morgan fingerprint density at radius 2 is 1.87 bits per heavy atom. The fourth-order valence-electron chi connectivity index (χ4n) is 2.19. The van der Waals surface area contributed by atoms with Crippen molar-refractivity contribution in [1.29, 1.82) is 0 Å². The number of anilines is 2. The molecule has 116 valence electrons. The van der Waals surface area contributed by atoms with E-state index in [0.29, 0.717) is 16.4 Å². The third kappa shape index (κ3) is 3.52. The molecule has 23 heavy (non-hydrogen) atoms. The molecule has 0 fully saturated rings. The molecule has 5 nitrogen and oxygen atoms in total. The lowest BCUT2D eigenvalue weighted by atomic mass is 10.2. The summed E-state index contributed by atoms with van der Waals surface area (Å²) < 4.78 is 5.08. The van der Waals surface area contributed by atoms with Crippen LogP contribution in [0, 0.1) is 0 Å². The topological polar surface area (TPSA) is 63.2 Å². The van der Waals surface area contributed by atoms with Crippen molar-refractivity contribution in [2.45, 2.75) is 0 Å². The third-order valence-corrected chi connectivity index (χ3v) is 3.54. The predicted octanol–water partition coefficient (Wildman–Crippen LogP) is 4.54. The SMILES string of the molecule is COc1ccc(NC(=O)Nc2ccnc3cc(Cl)ccc23)cc1. The molecule has 1 heterocycles. The highest BCUT2D eigenvalue weighted by molar-refractivity contribution is 6.31. The standard InChI is InChI=1S/C17H14ClN3O2/c1-23-13-5-3-12(4-6-13)20-17(22)21-15-8-9-19-16-10-11(18)2-7-14(15)16/h2-10H,1H3,(H2,19,20,21,22). The maximum absolute atomic E-state index is 12.1. The molecule has 2 N–H and O–H groups in total. The minimum atomic E-state index is -0.336. The van der Waals surface area contributed by atoms with Crippen LogP contribution in [0.1, 0.15) is 0 Å². The number of nitrogens with zero attached hydrogens (tertiary/aromatic N) is 1. The van der Waals surface area contributed by atoms with Gasteiger partial charge in [-0.1, -0.05) is 11.6 Å². The number of carbonyl (C=O) groups is 1. The number of rotatable bonds is 3. The van der Waals surface area contributed by atoms with E-state index in [1.807, 2.05) is 6.07 Å². The Morgan fingerprint density at radius 1 is 1.09 bits per heavy atom. The van der Waals surface area contributed by atoms with Gasteiger partial charge in [-0.25, -0.2) is 4.79 Å². The summed E-state index contributed by atoms with van der Waals surface area (Å²) in [5.74, 6) is 0.730. The number of benzene rings is 2. The van der Waals surface area contributed by atoms with Gasteiger partial charge in [0.1, 0.15) is 5.75 Å². The molecule has 2 aromatic carbocycles. The van der Waals surface area contributed by atoms with Crippen molar-refractivity contribution in [2.75, 3.05) is 17.7 Å². The third-order valence-electron chi connectivity index (χ3n) is 3.30. The molecule has 0 saturated heterocycles. The molecule has 0 atom stereocenters. The number of methoxy groups -OCH3 is 1. The van der Waals surface area contributed by atoms with E-state index in [9.17, 15) is 4.79 Å². The van der Waals surface area contributed by atoms with Gasteiger partial charge in [-0.2, -0.15) is 0 Å². The quantitative estimate of drug-likeness (QED) is 0.742. The van der Waals surface area contributed by atoms with Crippen LogP contribution in [0.15, 0.2) is 54.7 Å². The van der Waals surface area contributed by atoms with Gasteiger partial charge in [-0.3, -0.25) is 4.98 Å². The monoisotopic (exact) mass is 327 g/mol. The zero-order valence-corrected chi connectivity index (χ0v) is 13.1. The van der Waals surface area contributed by atoms with Gasteiger partial charge in [0.25, 0.3) is 0 Å². The van der Waals surface area contributed by atoms with E-state index in [1.165, 1.54) is 0 Å². The van der Waals surface area contributed by atoms with E-state index in [1.54, 1.807) is 55.8 Å². The lowest BCUT2D eigenvalue weighted by molar-refractivity contribution is 0.262. The number of fused-ring (bicyclic) bond motifs is 1. The van der Waals surface area contributed by atoms with Crippen LogP contribution in [0.5, 0.6) is 5.75 Å². The average Bonchev–Trinajstić information content (AvgIpc) is 2.55. The molecule has 6 heteroatoms. The number of nitrogens with one attached hydrogen (secondary N) is 2. The Labute approximate surface area is 138 Å². The Morgan fingerprint density at radius 3 is 2.61 bits per heavy atom. The van der Waals surface area contributed by atoms with Crippen molar-refractivity contribution in [1.82, 2.24) is 4.98 Å². The summed E-state index contributed by atoms with van der Waals surface area (Å²) in [6, 6.07) is 13.8. The molecule has 0 aliphatic carbocycles. The molecule has 0 radical (unpaired) electrons. The average molecular weight is 328 g/mol. The Bertz CT molecular complexity index is 850.